The van der Waals surface area contributed by atoms with Gasteiger partial charge in [0.05, 0.1) is 19.3 Å². The third-order valence-corrected chi connectivity index (χ3v) is 5.11. The first-order valence-electron chi connectivity index (χ1n) is 8.80. The van der Waals surface area contributed by atoms with Crippen molar-refractivity contribution in [1.82, 2.24) is 16.0 Å². The fraction of sp³-hybridized carbons (Fsp3) is 0.750. The van der Waals surface area contributed by atoms with E-state index in [1.54, 1.807) is 6.26 Å². The number of rotatable bonds is 15. The normalized spacial score (nSPS) is 14.9. The van der Waals surface area contributed by atoms with Crippen molar-refractivity contribution in [2.24, 2.45) is 5.73 Å². The Labute approximate surface area is 177 Å². The number of thioether (sulfide) groups is 2. The second kappa shape index (κ2) is 15.3. The van der Waals surface area contributed by atoms with E-state index in [4.69, 9.17) is 15.9 Å². The molecule has 0 fully saturated rings. The van der Waals surface area contributed by atoms with E-state index in [-0.39, 0.29) is 6.42 Å². The molecule has 0 saturated heterocycles. The van der Waals surface area contributed by atoms with Gasteiger partial charge in [-0.3, -0.25) is 14.4 Å². The summed E-state index contributed by atoms with van der Waals surface area (Å²) in [5.74, 6) is -2.51. The van der Waals surface area contributed by atoms with Crippen LogP contribution in [-0.2, 0) is 19.2 Å². The monoisotopic (exact) mass is 454 g/mol. The molecule has 4 unspecified atom stereocenters. The Hall–Kier alpha value is -1.54. The number of hydrogen-bond acceptors (Lipinski definition) is 9. The van der Waals surface area contributed by atoms with Crippen LogP contribution in [-0.4, -0.2) is 100 Å². The minimum absolute atomic E-state index is 0.176. The fourth-order valence-corrected chi connectivity index (χ4v) is 3.04. The molecule has 0 rings (SSSR count). The molecule has 11 nitrogen and oxygen atoms in total. The van der Waals surface area contributed by atoms with E-state index in [2.05, 4.69) is 16.0 Å². The third-order valence-electron chi connectivity index (χ3n) is 3.83. The van der Waals surface area contributed by atoms with Crippen LogP contribution >= 0.6 is 23.5 Å². The number of carbonyl (C=O) groups is 4. The van der Waals surface area contributed by atoms with Gasteiger partial charge in [-0.2, -0.15) is 23.5 Å². The van der Waals surface area contributed by atoms with E-state index in [1.807, 2.05) is 6.26 Å². The van der Waals surface area contributed by atoms with Gasteiger partial charge >= 0.3 is 5.97 Å². The van der Waals surface area contributed by atoms with Crippen LogP contribution in [0.25, 0.3) is 0 Å². The molecule has 0 saturated carbocycles. The second-order valence-electron chi connectivity index (χ2n) is 6.06. The van der Waals surface area contributed by atoms with Crippen molar-refractivity contribution < 1.29 is 34.5 Å². The summed E-state index contributed by atoms with van der Waals surface area (Å²) in [5, 5.41) is 34.3. The lowest BCUT2D eigenvalue weighted by Gasteiger charge is -2.24. The van der Waals surface area contributed by atoms with E-state index < -0.39 is 61.1 Å². The van der Waals surface area contributed by atoms with E-state index in [0.29, 0.717) is 17.9 Å². The number of aliphatic carboxylic acids is 1. The summed E-state index contributed by atoms with van der Waals surface area (Å²) in [6.07, 6.45) is 4.22. The molecule has 29 heavy (non-hydrogen) atoms. The number of aliphatic hydroxyl groups excluding tert-OH is 2. The summed E-state index contributed by atoms with van der Waals surface area (Å²) in [5.41, 5.74) is 5.74. The maximum absolute atomic E-state index is 12.4. The van der Waals surface area contributed by atoms with Crippen molar-refractivity contribution >= 4 is 47.2 Å². The van der Waals surface area contributed by atoms with Gasteiger partial charge < -0.3 is 37.0 Å². The molecule has 0 aromatic rings. The van der Waals surface area contributed by atoms with Crippen molar-refractivity contribution in [3.05, 3.63) is 0 Å². The molecular formula is C16H30N4O7S2. The van der Waals surface area contributed by atoms with Gasteiger partial charge in [0.15, 0.2) is 0 Å². The molecule has 13 heteroatoms. The Balaban J connectivity index is 5.05. The largest absolute Gasteiger partial charge is 0.480 e. The van der Waals surface area contributed by atoms with Gasteiger partial charge in [-0.05, 0) is 36.9 Å². The van der Waals surface area contributed by atoms with Crippen molar-refractivity contribution in [3.8, 4) is 0 Å². The predicted molar refractivity (Wildman–Crippen MR) is 112 cm³/mol. The van der Waals surface area contributed by atoms with Crippen LogP contribution in [0.3, 0.4) is 0 Å². The molecule has 0 aromatic heterocycles. The number of carboxylic acids is 1. The maximum atomic E-state index is 12.4. The number of aliphatic hydroxyl groups is 2. The number of nitrogens with one attached hydrogen (secondary N) is 3. The average Bonchev–Trinajstić information content (AvgIpc) is 2.70. The molecule has 0 aliphatic heterocycles. The van der Waals surface area contributed by atoms with Crippen LogP contribution in [0, 0.1) is 0 Å². The van der Waals surface area contributed by atoms with Crippen LogP contribution in [0.2, 0.25) is 0 Å². The minimum atomic E-state index is -1.51. The molecule has 0 bridgehead atoms. The van der Waals surface area contributed by atoms with Gasteiger partial charge in [-0.15, -0.1) is 0 Å². The molecule has 0 radical (unpaired) electrons. The van der Waals surface area contributed by atoms with Gasteiger partial charge in [0.1, 0.15) is 18.1 Å². The Kier molecular flexibility index (Phi) is 14.5. The number of nitrogens with two attached hydrogens (primary N) is 1. The van der Waals surface area contributed by atoms with Crippen LogP contribution in [0.1, 0.15) is 12.8 Å². The van der Waals surface area contributed by atoms with E-state index >= 15 is 0 Å². The zero-order chi connectivity index (χ0) is 22.4. The summed E-state index contributed by atoms with van der Waals surface area (Å²) in [6, 6.07) is -4.79. The maximum Gasteiger partial charge on any atom is 0.328 e. The van der Waals surface area contributed by atoms with Crippen LogP contribution in [0.4, 0.5) is 0 Å². The zero-order valence-corrected chi connectivity index (χ0v) is 18.1. The van der Waals surface area contributed by atoms with Gasteiger partial charge in [0, 0.05) is 0 Å². The first kappa shape index (κ1) is 27.5. The summed E-state index contributed by atoms with van der Waals surface area (Å²) in [6.45, 7) is -1.52. The Morgan fingerprint density at radius 3 is 1.72 bits per heavy atom. The molecule has 0 aliphatic rings. The lowest BCUT2D eigenvalue weighted by Crippen LogP contribution is -2.58. The van der Waals surface area contributed by atoms with Gasteiger partial charge in [0.2, 0.25) is 17.7 Å². The summed E-state index contributed by atoms with van der Waals surface area (Å²) >= 11 is 2.92. The van der Waals surface area contributed by atoms with Crippen LogP contribution < -0.4 is 21.7 Å². The average molecular weight is 455 g/mol. The molecule has 168 valence electrons. The Bertz CT molecular complexity index is 553. The van der Waals surface area contributed by atoms with Gasteiger partial charge in [-0.25, -0.2) is 4.79 Å². The molecule has 4 atom stereocenters. The SMILES string of the molecule is CSCCC(N)C(=O)NC(CO)C(=O)NC(CCSC)C(=O)NC(CO)C(=O)O. The van der Waals surface area contributed by atoms with Crippen LogP contribution in [0.5, 0.6) is 0 Å². The third kappa shape index (κ3) is 10.7. The smallest absolute Gasteiger partial charge is 0.328 e. The lowest BCUT2D eigenvalue weighted by molar-refractivity contribution is -0.143. The second-order valence-corrected chi connectivity index (χ2v) is 8.03. The van der Waals surface area contributed by atoms with Crippen molar-refractivity contribution in [2.45, 2.75) is 37.0 Å². The first-order valence-corrected chi connectivity index (χ1v) is 11.6. The molecule has 0 aliphatic carbocycles. The van der Waals surface area contributed by atoms with Crippen LogP contribution in [0.15, 0.2) is 0 Å². The molecule has 0 spiro atoms. The summed E-state index contributed by atoms with van der Waals surface area (Å²) in [4.78, 5) is 47.8. The van der Waals surface area contributed by atoms with Gasteiger partial charge in [-0.1, -0.05) is 0 Å². The zero-order valence-electron chi connectivity index (χ0n) is 16.4. The predicted octanol–water partition coefficient (Wildman–Crippen LogP) is -2.66. The molecule has 0 heterocycles. The molecule has 0 aromatic carbocycles. The standard InChI is InChI=1S/C16H30N4O7S2/c1-28-5-3-9(17)13(23)19-11(7-21)15(25)18-10(4-6-29-2)14(24)20-12(8-22)16(26)27/h9-12,21-22H,3-8,17H2,1-2H3,(H,18,25)(H,19,23)(H,20,24)(H,26,27). The van der Waals surface area contributed by atoms with Crippen molar-refractivity contribution in [3.63, 3.8) is 0 Å². The topological polar surface area (TPSA) is 191 Å². The molecule has 3 amide bonds. The fourth-order valence-electron chi connectivity index (χ4n) is 2.08. The highest BCUT2D eigenvalue weighted by atomic mass is 32.2. The highest BCUT2D eigenvalue weighted by molar-refractivity contribution is 7.98. The quantitative estimate of drug-likeness (QED) is 0.137. The number of amides is 3. The minimum Gasteiger partial charge on any atom is -0.480 e. The highest BCUT2D eigenvalue weighted by Crippen LogP contribution is 2.03. The number of carbonyl (C=O) groups excluding carboxylic acids is 3. The first-order chi connectivity index (χ1) is 13.7. The van der Waals surface area contributed by atoms with Crippen molar-refractivity contribution in [2.75, 3.05) is 37.2 Å². The molecular weight excluding hydrogens is 424 g/mol. The van der Waals surface area contributed by atoms with Gasteiger partial charge in [0.25, 0.3) is 0 Å². The number of hydrogen-bond donors (Lipinski definition) is 7. The Morgan fingerprint density at radius 1 is 0.793 bits per heavy atom. The van der Waals surface area contributed by atoms with E-state index in [1.165, 1.54) is 23.5 Å². The van der Waals surface area contributed by atoms with E-state index in [9.17, 15) is 24.3 Å². The number of carboxylic acid groups (broad SMARTS) is 1. The highest BCUT2D eigenvalue weighted by Gasteiger charge is 2.29. The summed E-state index contributed by atoms with van der Waals surface area (Å²) in [7, 11) is 0. The van der Waals surface area contributed by atoms with Crippen molar-refractivity contribution in [1.29, 1.82) is 0 Å². The molecule has 8 N–H and O–H groups in total. The van der Waals surface area contributed by atoms with E-state index in [0.717, 1.165) is 0 Å². The lowest BCUT2D eigenvalue weighted by atomic mass is 10.1. The Morgan fingerprint density at radius 2 is 1.24 bits per heavy atom. The summed E-state index contributed by atoms with van der Waals surface area (Å²) < 4.78 is 0.